The van der Waals surface area contributed by atoms with Crippen LogP contribution in [0.15, 0.2) is 18.2 Å². The molecule has 0 heterocycles. The van der Waals surface area contributed by atoms with Gasteiger partial charge >= 0.3 is 5.97 Å². The Kier molecular flexibility index (Phi) is 3.36. The van der Waals surface area contributed by atoms with Crippen LogP contribution in [0.1, 0.15) is 56.0 Å². The number of fused-ring (bicyclic) bond motifs is 2. The number of aryl methyl sites for hydroxylation is 1. The van der Waals surface area contributed by atoms with Crippen molar-refractivity contribution in [3.8, 4) is 0 Å². The van der Waals surface area contributed by atoms with E-state index in [0.29, 0.717) is 16.5 Å². The van der Waals surface area contributed by atoms with Crippen LogP contribution in [0.2, 0.25) is 5.02 Å². The van der Waals surface area contributed by atoms with Gasteiger partial charge in [-0.25, -0.2) is 4.79 Å². The lowest BCUT2D eigenvalue weighted by Crippen LogP contribution is -2.38. The van der Waals surface area contributed by atoms with Gasteiger partial charge in [-0.15, -0.1) is 0 Å². The zero-order valence-corrected chi connectivity index (χ0v) is 14.0. The topological polar surface area (TPSA) is 26.3 Å². The van der Waals surface area contributed by atoms with Crippen LogP contribution < -0.4 is 0 Å². The molecular formula is C18H23ClO2. The SMILES string of the molecule is Cc1cc(Cl)ccc1C(=O)OC1CC2CCC1(C)C2(C)C. The van der Waals surface area contributed by atoms with Crippen LogP contribution in [0.4, 0.5) is 0 Å². The molecule has 0 N–H and O–H groups in total. The molecule has 2 fully saturated rings. The second-order valence-corrected chi connectivity index (χ2v) is 7.90. The molecule has 2 nitrogen and oxygen atoms in total. The predicted molar refractivity (Wildman–Crippen MR) is 84.6 cm³/mol. The lowest BCUT2D eigenvalue weighted by molar-refractivity contribution is -0.0243. The van der Waals surface area contributed by atoms with E-state index in [2.05, 4.69) is 20.8 Å². The van der Waals surface area contributed by atoms with E-state index in [4.69, 9.17) is 16.3 Å². The van der Waals surface area contributed by atoms with Crippen LogP contribution in [0.3, 0.4) is 0 Å². The Bertz CT molecular complexity index is 593. The van der Waals surface area contributed by atoms with Crippen LogP contribution >= 0.6 is 11.6 Å². The highest BCUT2D eigenvalue weighted by Crippen LogP contribution is 2.66. The number of carbonyl (C=O) groups excluding carboxylic acids is 1. The number of halogens is 1. The van der Waals surface area contributed by atoms with Crippen LogP contribution in [-0.4, -0.2) is 12.1 Å². The maximum absolute atomic E-state index is 12.5. The molecular weight excluding hydrogens is 284 g/mol. The molecule has 0 saturated heterocycles. The second kappa shape index (κ2) is 4.74. The lowest BCUT2D eigenvalue weighted by Gasteiger charge is -2.38. The summed E-state index contributed by atoms with van der Waals surface area (Å²) in [6.45, 7) is 8.83. The first kappa shape index (κ1) is 14.9. The van der Waals surface area contributed by atoms with Gasteiger partial charge in [0.25, 0.3) is 0 Å². The summed E-state index contributed by atoms with van der Waals surface area (Å²) in [5.74, 6) is 0.463. The molecule has 2 saturated carbocycles. The molecule has 3 unspecified atom stereocenters. The number of ether oxygens (including phenoxy) is 1. The lowest BCUT2D eigenvalue weighted by atomic mass is 9.70. The molecule has 3 rings (SSSR count). The Morgan fingerprint density at radius 2 is 2.05 bits per heavy atom. The average molecular weight is 307 g/mol. The zero-order valence-electron chi connectivity index (χ0n) is 13.2. The summed E-state index contributed by atoms with van der Waals surface area (Å²) in [4.78, 5) is 12.5. The van der Waals surface area contributed by atoms with Gasteiger partial charge in [-0.05, 0) is 61.3 Å². The number of rotatable bonds is 2. The van der Waals surface area contributed by atoms with Crippen molar-refractivity contribution in [2.75, 3.05) is 0 Å². The van der Waals surface area contributed by atoms with Crippen molar-refractivity contribution in [3.05, 3.63) is 34.3 Å². The quantitative estimate of drug-likeness (QED) is 0.717. The molecule has 0 amide bonds. The molecule has 21 heavy (non-hydrogen) atoms. The van der Waals surface area contributed by atoms with Crippen molar-refractivity contribution in [2.45, 2.75) is 53.1 Å². The third-order valence-electron chi connectivity index (χ3n) is 6.37. The third-order valence-corrected chi connectivity index (χ3v) is 6.61. The van der Waals surface area contributed by atoms with Crippen LogP contribution in [0.25, 0.3) is 0 Å². The van der Waals surface area contributed by atoms with Crippen LogP contribution in [-0.2, 0) is 4.74 Å². The van der Waals surface area contributed by atoms with Crippen molar-refractivity contribution in [3.63, 3.8) is 0 Å². The number of benzene rings is 1. The monoisotopic (exact) mass is 306 g/mol. The molecule has 0 radical (unpaired) electrons. The summed E-state index contributed by atoms with van der Waals surface area (Å²) in [5.41, 5.74) is 1.87. The minimum Gasteiger partial charge on any atom is -0.458 e. The molecule has 1 aromatic carbocycles. The fourth-order valence-electron chi connectivity index (χ4n) is 4.36. The Morgan fingerprint density at radius 3 is 2.57 bits per heavy atom. The number of hydrogen-bond acceptors (Lipinski definition) is 2. The highest BCUT2D eigenvalue weighted by Gasteiger charge is 2.62. The fraction of sp³-hybridized carbons (Fsp3) is 0.611. The van der Waals surface area contributed by atoms with E-state index in [1.165, 1.54) is 6.42 Å². The largest absolute Gasteiger partial charge is 0.458 e. The van der Waals surface area contributed by atoms with Crippen LogP contribution in [0, 0.1) is 23.7 Å². The minimum absolute atomic E-state index is 0.0360. The number of hydrogen-bond donors (Lipinski definition) is 0. The standard InChI is InChI=1S/C18H23ClO2/c1-11-9-13(19)5-6-14(11)16(20)21-15-10-12-7-8-18(15,4)17(12,2)3/h5-6,9,12,15H,7-8,10H2,1-4H3. The number of esters is 1. The summed E-state index contributed by atoms with van der Waals surface area (Å²) in [6.07, 6.45) is 3.45. The van der Waals surface area contributed by atoms with E-state index in [1.807, 2.05) is 13.0 Å². The van der Waals surface area contributed by atoms with Crippen molar-refractivity contribution in [1.29, 1.82) is 0 Å². The molecule has 2 aliphatic rings. The third kappa shape index (κ3) is 2.11. The van der Waals surface area contributed by atoms with Gasteiger partial charge in [0, 0.05) is 10.4 Å². The van der Waals surface area contributed by atoms with E-state index < -0.39 is 0 Å². The second-order valence-electron chi connectivity index (χ2n) is 7.46. The maximum atomic E-state index is 12.5. The Labute approximate surface area is 131 Å². The molecule has 3 atom stereocenters. The van der Waals surface area contributed by atoms with Crippen molar-refractivity contribution in [2.24, 2.45) is 16.7 Å². The highest BCUT2D eigenvalue weighted by atomic mass is 35.5. The number of carbonyl (C=O) groups is 1. The smallest absolute Gasteiger partial charge is 0.338 e. The average Bonchev–Trinajstić information content (AvgIpc) is 2.71. The summed E-state index contributed by atoms with van der Waals surface area (Å²) < 4.78 is 5.91. The molecule has 0 aromatic heterocycles. The first-order chi connectivity index (χ1) is 9.75. The first-order valence-electron chi connectivity index (χ1n) is 7.73. The zero-order chi connectivity index (χ0) is 15.4. The van der Waals surface area contributed by atoms with Gasteiger partial charge in [0.1, 0.15) is 6.10 Å². The van der Waals surface area contributed by atoms with E-state index in [0.717, 1.165) is 18.4 Å². The summed E-state index contributed by atoms with van der Waals surface area (Å²) >= 11 is 5.95. The molecule has 2 bridgehead atoms. The van der Waals surface area contributed by atoms with E-state index >= 15 is 0 Å². The van der Waals surface area contributed by atoms with Crippen molar-refractivity contribution < 1.29 is 9.53 Å². The fourth-order valence-corrected chi connectivity index (χ4v) is 4.58. The normalized spacial score (nSPS) is 33.2. The predicted octanol–water partition coefficient (Wildman–Crippen LogP) is 5.02. The van der Waals surface area contributed by atoms with Gasteiger partial charge in [0.15, 0.2) is 0 Å². The molecule has 3 heteroatoms. The Morgan fingerprint density at radius 1 is 1.33 bits per heavy atom. The van der Waals surface area contributed by atoms with Gasteiger partial charge in [-0.2, -0.15) is 0 Å². The van der Waals surface area contributed by atoms with Crippen molar-refractivity contribution in [1.82, 2.24) is 0 Å². The Balaban J connectivity index is 1.80. The van der Waals surface area contributed by atoms with Crippen LogP contribution in [0.5, 0.6) is 0 Å². The maximum Gasteiger partial charge on any atom is 0.338 e. The van der Waals surface area contributed by atoms with Gasteiger partial charge in [-0.3, -0.25) is 0 Å². The molecule has 0 spiro atoms. The summed E-state index contributed by atoms with van der Waals surface area (Å²) in [6, 6.07) is 5.32. The molecule has 2 aliphatic carbocycles. The first-order valence-corrected chi connectivity index (χ1v) is 8.10. The molecule has 1 aromatic rings. The summed E-state index contributed by atoms with van der Waals surface area (Å²) in [5, 5.41) is 0.650. The highest BCUT2D eigenvalue weighted by molar-refractivity contribution is 6.30. The van der Waals surface area contributed by atoms with E-state index in [9.17, 15) is 4.79 Å². The molecule has 0 aliphatic heterocycles. The molecule has 114 valence electrons. The van der Waals surface area contributed by atoms with E-state index in [1.54, 1.807) is 12.1 Å². The van der Waals surface area contributed by atoms with Crippen molar-refractivity contribution >= 4 is 17.6 Å². The van der Waals surface area contributed by atoms with Gasteiger partial charge < -0.3 is 4.74 Å². The Hall–Kier alpha value is -1.02. The summed E-state index contributed by atoms with van der Waals surface area (Å²) in [7, 11) is 0. The van der Waals surface area contributed by atoms with Gasteiger partial charge in [0.05, 0.1) is 5.56 Å². The van der Waals surface area contributed by atoms with Gasteiger partial charge in [-0.1, -0.05) is 32.4 Å². The van der Waals surface area contributed by atoms with Gasteiger partial charge in [0.2, 0.25) is 0 Å². The van der Waals surface area contributed by atoms with E-state index in [-0.39, 0.29) is 22.9 Å². The minimum atomic E-state index is -0.209.